The molecule has 2 aromatic carbocycles. The number of alkyl halides is 3. The number of nitrogens with one attached hydrogen (secondary N) is 1. The molecule has 0 spiro atoms. The van der Waals surface area contributed by atoms with E-state index in [2.05, 4.69) is 15.1 Å². The number of carbonyl (C=O) groups is 1. The number of carbonyl (C=O) groups excluding carboxylic acids is 1. The Bertz CT molecular complexity index is 1380. The van der Waals surface area contributed by atoms with E-state index in [0.29, 0.717) is 17.0 Å². The summed E-state index contributed by atoms with van der Waals surface area (Å²) in [5, 5.41) is 3.43. The van der Waals surface area contributed by atoms with Gasteiger partial charge in [-0.1, -0.05) is 18.2 Å². The Morgan fingerprint density at radius 2 is 1.91 bits per heavy atom. The van der Waals surface area contributed by atoms with Crippen molar-refractivity contribution in [2.24, 2.45) is 11.8 Å². The maximum absolute atomic E-state index is 13.2. The summed E-state index contributed by atoms with van der Waals surface area (Å²) in [5.41, 5.74) is 5.52. The first-order chi connectivity index (χ1) is 15.8. The SMILES string of the molecule is Cc1cc(-c2cnn(C(F)(F)F)c2)ccc1C1C(C2CC2)C(=O)N1c1ccc2nc[nH]c2c1. The molecule has 9 heteroatoms. The highest BCUT2D eigenvalue weighted by Gasteiger charge is 2.55. The number of benzene rings is 2. The van der Waals surface area contributed by atoms with Gasteiger partial charge in [0, 0.05) is 17.4 Å². The molecule has 1 aliphatic heterocycles. The highest BCUT2D eigenvalue weighted by atomic mass is 19.4. The zero-order valence-electron chi connectivity index (χ0n) is 17.7. The van der Waals surface area contributed by atoms with Gasteiger partial charge in [-0.25, -0.2) is 4.98 Å². The highest BCUT2D eigenvalue weighted by molar-refractivity contribution is 6.04. The number of aryl methyl sites for hydroxylation is 1. The molecular weight excluding hydrogens is 431 g/mol. The fraction of sp³-hybridized carbons (Fsp3) is 0.292. The number of hydrogen-bond acceptors (Lipinski definition) is 3. The van der Waals surface area contributed by atoms with E-state index in [-0.39, 0.29) is 22.5 Å². The minimum absolute atomic E-state index is 0.00658. The minimum atomic E-state index is -4.55. The van der Waals surface area contributed by atoms with Gasteiger partial charge in [0.25, 0.3) is 0 Å². The van der Waals surface area contributed by atoms with E-state index < -0.39 is 6.30 Å². The van der Waals surface area contributed by atoms with Crippen LogP contribution < -0.4 is 4.90 Å². The highest BCUT2D eigenvalue weighted by Crippen LogP contribution is 2.54. The average molecular weight is 451 g/mol. The van der Waals surface area contributed by atoms with Crippen molar-refractivity contribution in [1.82, 2.24) is 19.7 Å². The summed E-state index contributed by atoms with van der Waals surface area (Å²) < 4.78 is 38.8. The first kappa shape index (κ1) is 20.0. The fourth-order valence-corrected chi connectivity index (χ4v) is 4.92. The lowest BCUT2D eigenvalue weighted by atomic mass is 9.77. The average Bonchev–Trinajstić information content (AvgIpc) is 3.25. The van der Waals surface area contributed by atoms with Crippen LogP contribution in [0.5, 0.6) is 0 Å². The maximum atomic E-state index is 13.2. The number of hydrogen-bond donors (Lipinski definition) is 1. The Hall–Kier alpha value is -3.62. The molecule has 6 nitrogen and oxygen atoms in total. The third-order valence-electron chi connectivity index (χ3n) is 6.72. The van der Waals surface area contributed by atoms with Gasteiger partial charge in [-0.15, -0.1) is 13.2 Å². The van der Waals surface area contributed by atoms with Crippen molar-refractivity contribution in [3.63, 3.8) is 0 Å². The summed E-state index contributed by atoms with van der Waals surface area (Å²) in [5.74, 6) is 0.440. The molecule has 2 fully saturated rings. The third-order valence-corrected chi connectivity index (χ3v) is 6.72. The van der Waals surface area contributed by atoms with Crippen molar-refractivity contribution < 1.29 is 18.0 Å². The minimum Gasteiger partial charge on any atom is -0.345 e. The predicted octanol–water partition coefficient (Wildman–Crippen LogP) is 5.33. The van der Waals surface area contributed by atoms with Gasteiger partial charge in [-0.05, 0) is 60.6 Å². The summed E-state index contributed by atoms with van der Waals surface area (Å²) in [7, 11) is 0. The fourth-order valence-electron chi connectivity index (χ4n) is 4.92. The van der Waals surface area contributed by atoms with E-state index in [1.54, 1.807) is 6.33 Å². The normalized spacial score (nSPS) is 21.0. The molecule has 6 rings (SSSR count). The molecule has 168 valence electrons. The smallest absolute Gasteiger partial charge is 0.345 e. The summed E-state index contributed by atoms with van der Waals surface area (Å²) in [4.78, 5) is 22.4. The van der Waals surface area contributed by atoms with Crippen LogP contribution in [0.25, 0.3) is 22.2 Å². The molecule has 1 saturated carbocycles. The van der Waals surface area contributed by atoms with Gasteiger partial charge in [-0.2, -0.15) is 9.78 Å². The van der Waals surface area contributed by atoms with E-state index >= 15 is 0 Å². The van der Waals surface area contributed by atoms with E-state index in [0.717, 1.165) is 46.9 Å². The monoisotopic (exact) mass is 451 g/mol. The van der Waals surface area contributed by atoms with Gasteiger partial charge in [0.15, 0.2) is 0 Å². The summed E-state index contributed by atoms with van der Waals surface area (Å²) in [6.45, 7) is 1.94. The van der Waals surface area contributed by atoms with Crippen LogP contribution in [0.2, 0.25) is 0 Å². The van der Waals surface area contributed by atoms with Crippen LogP contribution in [0.15, 0.2) is 55.1 Å². The number of rotatable bonds is 4. The topological polar surface area (TPSA) is 66.8 Å². The first-order valence-corrected chi connectivity index (χ1v) is 10.8. The zero-order chi connectivity index (χ0) is 22.9. The van der Waals surface area contributed by atoms with Crippen molar-refractivity contribution in [2.75, 3.05) is 4.90 Å². The van der Waals surface area contributed by atoms with Crippen molar-refractivity contribution in [1.29, 1.82) is 0 Å². The number of β-lactam (4-membered cyclic amide) rings is 1. The molecule has 0 bridgehead atoms. The Balaban J connectivity index is 1.37. The molecule has 2 aliphatic rings. The molecule has 1 aliphatic carbocycles. The summed E-state index contributed by atoms with van der Waals surface area (Å²) in [6, 6.07) is 11.3. The van der Waals surface area contributed by atoms with Gasteiger partial charge < -0.3 is 9.88 Å². The Kier molecular flexibility index (Phi) is 4.21. The molecule has 4 aromatic rings. The summed E-state index contributed by atoms with van der Waals surface area (Å²) in [6.07, 6.45) is 1.38. The second kappa shape index (κ2) is 6.94. The number of amides is 1. The lowest BCUT2D eigenvalue weighted by Crippen LogP contribution is -2.56. The van der Waals surface area contributed by atoms with Gasteiger partial charge in [0.05, 0.1) is 35.5 Å². The molecule has 33 heavy (non-hydrogen) atoms. The van der Waals surface area contributed by atoms with Gasteiger partial charge in [0.2, 0.25) is 5.91 Å². The van der Waals surface area contributed by atoms with Crippen LogP contribution in [0.3, 0.4) is 0 Å². The molecule has 2 unspecified atom stereocenters. The van der Waals surface area contributed by atoms with Crippen LogP contribution in [-0.4, -0.2) is 25.7 Å². The Morgan fingerprint density at radius 1 is 1.09 bits per heavy atom. The second-order valence-electron chi connectivity index (χ2n) is 8.83. The van der Waals surface area contributed by atoms with Crippen LogP contribution >= 0.6 is 0 Å². The number of imidazole rings is 1. The number of aromatic amines is 1. The maximum Gasteiger partial charge on any atom is 0.504 e. The predicted molar refractivity (Wildman–Crippen MR) is 116 cm³/mol. The number of halogens is 3. The second-order valence-corrected chi connectivity index (χ2v) is 8.83. The number of nitrogens with zero attached hydrogens (tertiary/aromatic N) is 4. The lowest BCUT2D eigenvalue weighted by Gasteiger charge is -2.48. The molecule has 2 aromatic heterocycles. The van der Waals surface area contributed by atoms with Crippen LogP contribution in [-0.2, 0) is 11.1 Å². The molecule has 1 saturated heterocycles. The largest absolute Gasteiger partial charge is 0.504 e. The first-order valence-electron chi connectivity index (χ1n) is 10.8. The molecule has 2 atom stereocenters. The molecular formula is C24H20F3N5O. The molecule has 1 amide bonds. The molecule has 1 N–H and O–H groups in total. The number of anilines is 1. The number of fused-ring (bicyclic) bond motifs is 1. The van der Waals surface area contributed by atoms with Gasteiger partial charge in [-0.3, -0.25) is 4.79 Å². The van der Waals surface area contributed by atoms with Crippen molar-refractivity contribution in [3.05, 3.63) is 66.2 Å². The van der Waals surface area contributed by atoms with E-state index in [9.17, 15) is 18.0 Å². The molecule has 0 radical (unpaired) electrons. The lowest BCUT2D eigenvalue weighted by molar-refractivity contribution is -0.212. The van der Waals surface area contributed by atoms with E-state index in [4.69, 9.17) is 0 Å². The molecule has 3 heterocycles. The Labute approximate surface area is 187 Å². The van der Waals surface area contributed by atoms with Crippen molar-refractivity contribution in [2.45, 2.75) is 32.1 Å². The Morgan fingerprint density at radius 3 is 2.61 bits per heavy atom. The number of aromatic nitrogens is 4. The van der Waals surface area contributed by atoms with Crippen LogP contribution in [0.1, 0.15) is 30.0 Å². The van der Waals surface area contributed by atoms with Crippen LogP contribution in [0.4, 0.5) is 18.9 Å². The third kappa shape index (κ3) is 3.21. The van der Waals surface area contributed by atoms with Crippen molar-refractivity contribution in [3.8, 4) is 11.1 Å². The van der Waals surface area contributed by atoms with Crippen LogP contribution in [0, 0.1) is 18.8 Å². The van der Waals surface area contributed by atoms with E-state index in [1.165, 1.54) is 6.20 Å². The quantitative estimate of drug-likeness (QED) is 0.427. The standard InChI is InChI=1S/C24H20F3N5O/c1-13-8-15(16-10-30-31(11-16)24(25,26)27)4-6-18(13)22-21(14-2-3-14)23(33)32(22)17-5-7-19-20(9-17)29-12-28-19/h4-12,14,21-22H,2-3H2,1H3,(H,28,29). The van der Waals surface area contributed by atoms with Gasteiger partial charge in [0.1, 0.15) is 0 Å². The zero-order valence-corrected chi connectivity index (χ0v) is 17.7. The number of H-pyrrole nitrogens is 1. The van der Waals surface area contributed by atoms with Gasteiger partial charge >= 0.3 is 6.30 Å². The summed E-state index contributed by atoms with van der Waals surface area (Å²) >= 11 is 0. The van der Waals surface area contributed by atoms with E-state index in [1.807, 2.05) is 48.2 Å². The van der Waals surface area contributed by atoms with Crippen molar-refractivity contribution >= 4 is 22.6 Å².